The molecular formula is C17H27N3O2Si. The summed E-state index contributed by atoms with van der Waals surface area (Å²) in [6, 6.07) is 9.04. The Bertz CT molecular complexity index is 676. The molecule has 6 heteroatoms. The van der Waals surface area contributed by atoms with E-state index < -0.39 is 8.07 Å². The summed E-state index contributed by atoms with van der Waals surface area (Å²) in [6.07, 6.45) is 0.646. The van der Waals surface area contributed by atoms with Crippen LogP contribution in [0.3, 0.4) is 0 Å². The number of aromatic nitrogens is 2. The molecule has 1 atom stereocenters. The predicted octanol–water partition coefficient (Wildman–Crippen LogP) is 3.33. The standard InChI is InChI=1S/C17H27N3O2Si/c1-5-13(17(18)21)16-14-8-6-7-9-15(14)20(19-16)12-22-10-11-23(2,3)4/h6-9,13H,5,10-12H2,1-4H3,(H2,18,21). The number of hydrogen-bond donors (Lipinski definition) is 1. The Kier molecular flexibility index (Phi) is 5.59. The molecule has 23 heavy (non-hydrogen) atoms. The van der Waals surface area contributed by atoms with E-state index in [1.807, 2.05) is 35.9 Å². The lowest BCUT2D eigenvalue weighted by Gasteiger charge is -2.15. The molecule has 0 aliphatic carbocycles. The van der Waals surface area contributed by atoms with Crippen molar-refractivity contribution in [2.45, 2.75) is 51.7 Å². The van der Waals surface area contributed by atoms with E-state index >= 15 is 0 Å². The molecule has 2 aromatic rings. The summed E-state index contributed by atoms with van der Waals surface area (Å²) >= 11 is 0. The smallest absolute Gasteiger partial charge is 0.226 e. The molecule has 0 saturated heterocycles. The van der Waals surface area contributed by atoms with Gasteiger partial charge in [-0.3, -0.25) is 4.79 Å². The Morgan fingerprint density at radius 2 is 2.04 bits per heavy atom. The molecule has 1 aromatic heterocycles. The first kappa shape index (κ1) is 17.7. The van der Waals surface area contributed by atoms with Crippen LogP contribution in [0.2, 0.25) is 25.7 Å². The van der Waals surface area contributed by atoms with Gasteiger partial charge in [-0.2, -0.15) is 5.10 Å². The van der Waals surface area contributed by atoms with Gasteiger partial charge in [0.2, 0.25) is 5.91 Å². The van der Waals surface area contributed by atoms with Crippen molar-refractivity contribution in [2.24, 2.45) is 5.73 Å². The summed E-state index contributed by atoms with van der Waals surface area (Å²) in [7, 11) is -1.10. The number of hydrogen-bond acceptors (Lipinski definition) is 3. The number of carbonyl (C=O) groups excluding carboxylic acids is 1. The van der Waals surface area contributed by atoms with Crippen LogP contribution in [-0.4, -0.2) is 30.4 Å². The summed E-state index contributed by atoms with van der Waals surface area (Å²) in [4.78, 5) is 11.7. The lowest BCUT2D eigenvalue weighted by Crippen LogP contribution is -2.22. The fraction of sp³-hybridized carbons (Fsp3) is 0.529. The maximum atomic E-state index is 11.7. The Balaban J connectivity index is 2.22. The minimum absolute atomic E-state index is 0.331. The summed E-state index contributed by atoms with van der Waals surface area (Å²) in [5, 5.41) is 5.60. The lowest BCUT2D eigenvalue weighted by atomic mass is 9.99. The Morgan fingerprint density at radius 3 is 2.65 bits per heavy atom. The van der Waals surface area contributed by atoms with Gasteiger partial charge in [0, 0.05) is 20.1 Å². The van der Waals surface area contributed by atoms with Gasteiger partial charge < -0.3 is 10.5 Å². The van der Waals surface area contributed by atoms with Crippen LogP contribution in [0.1, 0.15) is 25.0 Å². The van der Waals surface area contributed by atoms with Gasteiger partial charge in [0.1, 0.15) is 6.73 Å². The van der Waals surface area contributed by atoms with Crippen molar-refractivity contribution in [3.8, 4) is 0 Å². The third-order valence-corrected chi connectivity index (χ3v) is 5.68. The number of primary amides is 1. The summed E-state index contributed by atoms with van der Waals surface area (Å²) < 4.78 is 7.64. The first-order valence-electron chi connectivity index (χ1n) is 8.16. The van der Waals surface area contributed by atoms with Crippen molar-refractivity contribution in [3.63, 3.8) is 0 Å². The monoisotopic (exact) mass is 333 g/mol. The molecule has 2 rings (SSSR count). The van der Waals surface area contributed by atoms with Crippen LogP contribution in [0.25, 0.3) is 10.9 Å². The highest BCUT2D eigenvalue weighted by atomic mass is 28.3. The highest BCUT2D eigenvalue weighted by molar-refractivity contribution is 6.76. The zero-order valence-electron chi connectivity index (χ0n) is 14.5. The maximum absolute atomic E-state index is 11.7. The Hall–Kier alpha value is -1.66. The number of fused-ring (bicyclic) bond motifs is 1. The number of para-hydroxylation sites is 1. The molecule has 0 spiro atoms. The van der Waals surface area contributed by atoms with E-state index in [1.54, 1.807) is 0 Å². The van der Waals surface area contributed by atoms with Gasteiger partial charge in [-0.15, -0.1) is 0 Å². The van der Waals surface area contributed by atoms with Crippen molar-refractivity contribution < 1.29 is 9.53 Å². The summed E-state index contributed by atoms with van der Waals surface area (Å²) in [5.41, 5.74) is 7.27. The minimum atomic E-state index is -1.10. The van der Waals surface area contributed by atoms with Crippen LogP contribution < -0.4 is 5.73 Å². The largest absolute Gasteiger partial charge is 0.369 e. The van der Waals surface area contributed by atoms with Crippen LogP contribution in [0, 0.1) is 0 Å². The van der Waals surface area contributed by atoms with Crippen molar-refractivity contribution in [1.29, 1.82) is 0 Å². The van der Waals surface area contributed by atoms with Gasteiger partial charge in [-0.05, 0) is 18.5 Å². The third kappa shape index (κ3) is 4.42. The third-order valence-electron chi connectivity index (χ3n) is 3.98. The fourth-order valence-corrected chi connectivity index (χ4v) is 3.32. The molecule has 0 fully saturated rings. The molecule has 1 unspecified atom stereocenters. The van der Waals surface area contributed by atoms with Crippen LogP contribution in [-0.2, 0) is 16.3 Å². The number of nitrogens with zero attached hydrogens (tertiary/aromatic N) is 2. The fourth-order valence-electron chi connectivity index (χ4n) is 2.57. The topological polar surface area (TPSA) is 70.1 Å². The van der Waals surface area contributed by atoms with Crippen LogP contribution in [0.15, 0.2) is 24.3 Å². The number of benzene rings is 1. The van der Waals surface area contributed by atoms with Crippen LogP contribution >= 0.6 is 0 Å². The Labute approximate surface area is 138 Å². The van der Waals surface area contributed by atoms with Gasteiger partial charge in [-0.1, -0.05) is 44.8 Å². The molecule has 5 nitrogen and oxygen atoms in total. The number of amides is 1. The maximum Gasteiger partial charge on any atom is 0.226 e. The number of nitrogens with two attached hydrogens (primary N) is 1. The second kappa shape index (κ2) is 7.27. The van der Waals surface area contributed by atoms with E-state index in [9.17, 15) is 4.79 Å². The zero-order valence-corrected chi connectivity index (χ0v) is 15.5. The molecule has 0 bridgehead atoms. The van der Waals surface area contributed by atoms with Gasteiger partial charge in [0.15, 0.2) is 0 Å². The predicted molar refractivity (Wildman–Crippen MR) is 96.1 cm³/mol. The van der Waals surface area contributed by atoms with Gasteiger partial charge in [0.05, 0.1) is 17.1 Å². The van der Waals surface area contributed by atoms with Gasteiger partial charge in [-0.25, -0.2) is 4.68 Å². The number of rotatable bonds is 8. The molecule has 0 aliphatic rings. The Morgan fingerprint density at radius 1 is 1.35 bits per heavy atom. The van der Waals surface area contributed by atoms with Crippen molar-refractivity contribution >= 4 is 24.9 Å². The average molecular weight is 334 g/mol. The van der Waals surface area contributed by atoms with E-state index in [-0.39, 0.29) is 11.8 Å². The average Bonchev–Trinajstić information content (AvgIpc) is 2.82. The van der Waals surface area contributed by atoms with E-state index in [0.717, 1.165) is 29.2 Å². The quantitative estimate of drug-likeness (QED) is 0.595. The lowest BCUT2D eigenvalue weighted by molar-refractivity contribution is -0.119. The summed E-state index contributed by atoms with van der Waals surface area (Å²) in [6.45, 7) is 10.1. The molecule has 1 heterocycles. The number of ether oxygens (including phenoxy) is 1. The molecule has 1 amide bonds. The molecule has 1 aromatic carbocycles. The minimum Gasteiger partial charge on any atom is -0.369 e. The highest BCUT2D eigenvalue weighted by Crippen LogP contribution is 2.27. The normalized spacial score (nSPS) is 13.4. The van der Waals surface area contributed by atoms with Crippen molar-refractivity contribution in [1.82, 2.24) is 9.78 Å². The first-order valence-corrected chi connectivity index (χ1v) is 11.9. The second-order valence-electron chi connectivity index (χ2n) is 7.11. The first-order chi connectivity index (χ1) is 10.8. The van der Waals surface area contributed by atoms with E-state index in [2.05, 4.69) is 24.7 Å². The SMILES string of the molecule is CCC(C(N)=O)c1nn(COCC[Si](C)(C)C)c2ccccc12. The summed E-state index contributed by atoms with van der Waals surface area (Å²) in [5.74, 6) is -0.689. The highest BCUT2D eigenvalue weighted by Gasteiger charge is 2.22. The van der Waals surface area contributed by atoms with E-state index in [4.69, 9.17) is 10.5 Å². The van der Waals surface area contributed by atoms with Crippen LogP contribution in [0.4, 0.5) is 0 Å². The molecule has 126 valence electrons. The van der Waals surface area contributed by atoms with E-state index in [1.165, 1.54) is 0 Å². The van der Waals surface area contributed by atoms with Gasteiger partial charge >= 0.3 is 0 Å². The van der Waals surface area contributed by atoms with Crippen molar-refractivity contribution in [2.75, 3.05) is 6.61 Å². The second-order valence-corrected chi connectivity index (χ2v) is 12.7. The molecule has 0 radical (unpaired) electrons. The van der Waals surface area contributed by atoms with Gasteiger partial charge in [0.25, 0.3) is 0 Å². The van der Waals surface area contributed by atoms with Crippen LogP contribution in [0.5, 0.6) is 0 Å². The van der Waals surface area contributed by atoms with E-state index in [0.29, 0.717) is 13.2 Å². The molecular weight excluding hydrogens is 306 g/mol. The molecule has 0 aliphatic heterocycles. The molecule has 2 N–H and O–H groups in total. The zero-order chi connectivity index (χ0) is 17.0. The van der Waals surface area contributed by atoms with Crippen molar-refractivity contribution in [3.05, 3.63) is 30.0 Å². The molecule has 0 saturated carbocycles. The number of carbonyl (C=O) groups is 1.